The van der Waals surface area contributed by atoms with Gasteiger partial charge in [0.05, 0.1) is 0 Å². The number of hydrogen-bond donors (Lipinski definition) is 1. The van der Waals surface area contributed by atoms with Crippen molar-refractivity contribution in [3.05, 3.63) is 24.3 Å². The van der Waals surface area contributed by atoms with Gasteiger partial charge < -0.3 is 14.7 Å². The Morgan fingerprint density at radius 1 is 1.11 bits per heavy atom. The summed E-state index contributed by atoms with van der Waals surface area (Å²) < 4.78 is 5.18. The van der Waals surface area contributed by atoms with Crippen LogP contribution in [0.5, 0.6) is 11.5 Å². The number of carbonyl (C=O) groups is 1. The second-order valence-electron chi connectivity index (χ2n) is 3.07. The number of hydrogen-bond acceptors (Lipinski definition) is 3. The minimum atomic E-state index is -0.0990. The fraction of sp³-hybridized carbons (Fsp3) is 0.500. The second-order valence-corrected chi connectivity index (χ2v) is 3.07. The molecule has 0 aliphatic carbocycles. The van der Waals surface area contributed by atoms with Crippen LogP contribution in [0.1, 0.15) is 27.7 Å². The lowest BCUT2D eigenvalue weighted by atomic mass is 10.3. The molecule has 0 aliphatic rings. The van der Waals surface area contributed by atoms with Crippen LogP contribution in [0.4, 0.5) is 0 Å². The van der Waals surface area contributed by atoms with E-state index in [0.29, 0.717) is 5.75 Å². The summed E-state index contributed by atoms with van der Waals surface area (Å²) in [5, 5.41) is 8.99. The minimum absolute atomic E-state index is 0.0117. The average molecular weight is 255 g/mol. The normalized spacial score (nSPS) is 8.11. The van der Waals surface area contributed by atoms with Gasteiger partial charge in [0.15, 0.2) is 6.61 Å². The Kier molecular flexibility index (Phi) is 12.2. The third-order valence-corrected chi connectivity index (χ3v) is 1.70. The first kappa shape index (κ1) is 18.6. The van der Waals surface area contributed by atoms with E-state index in [1.807, 2.05) is 27.7 Å². The highest BCUT2D eigenvalue weighted by atomic mass is 16.5. The predicted molar refractivity (Wildman–Crippen MR) is 75.0 cm³/mol. The molecule has 4 nitrogen and oxygen atoms in total. The van der Waals surface area contributed by atoms with Crippen molar-refractivity contribution in [1.29, 1.82) is 0 Å². The van der Waals surface area contributed by atoms with Crippen molar-refractivity contribution in [2.45, 2.75) is 27.7 Å². The molecule has 0 aromatic heterocycles. The van der Waals surface area contributed by atoms with E-state index in [1.54, 1.807) is 26.2 Å². The van der Waals surface area contributed by atoms with E-state index in [2.05, 4.69) is 0 Å². The summed E-state index contributed by atoms with van der Waals surface area (Å²) in [5.41, 5.74) is 0. The van der Waals surface area contributed by atoms with Gasteiger partial charge in [0.25, 0.3) is 5.91 Å². The number of likely N-dealkylation sites (N-methyl/N-ethyl adjacent to an activating group) is 1. The van der Waals surface area contributed by atoms with Crippen LogP contribution >= 0.6 is 0 Å². The molecule has 0 bridgehead atoms. The quantitative estimate of drug-likeness (QED) is 0.903. The van der Waals surface area contributed by atoms with Gasteiger partial charge in [0, 0.05) is 14.1 Å². The summed E-state index contributed by atoms with van der Waals surface area (Å²) in [6.07, 6.45) is 0. The van der Waals surface area contributed by atoms with E-state index in [1.165, 1.54) is 17.0 Å². The van der Waals surface area contributed by atoms with Gasteiger partial charge >= 0.3 is 0 Å². The molecule has 0 atom stereocenters. The Balaban J connectivity index is 0. The van der Waals surface area contributed by atoms with Gasteiger partial charge in [-0.25, -0.2) is 0 Å². The molecular weight excluding hydrogens is 230 g/mol. The summed E-state index contributed by atoms with van der Waals surface area (Å²) in [7, 11) is 3.34. The smallest absolute Gasteiger partial charge is 0.259 e. The topological polar surface area (TPSA) is 49.8 Å². The first-order valence-electron chi connectivity index (χ1n) is 6.21. The van der Waals surface area contributed by atoms with Crippen LogP contribution < -0.4 is 4.74 Å². The van der Waals surface area contributed by atoms with Gasteiger partial charge in [0.1, 0.15) is 11.5 Å². The molecule has 0 saturated carbocycles. The van der Waals surface area contributed by atoms with Gasteiger partial charge in [-0.1, -0.05) is 27.7 Å². The first-order chi connectivity index (χ1) is 8.59. The van der Waals surface area contributed by atoms with E-state index in [9.17, 15) is 4.79 Å². The number of benzene rings is 1. The summed E-state index contributed by atoms with van der Waals surface area (Å²) in [6, 6.07) is 6.24. The van der Waals surface area contributed by atoms with Gasteiger partial charge in [0.2, 0.25) is 0 Å². The van der Waals surface area contributed by atoms with Gasteiger partial charge in [-0.3, -0.25) is 4.79 Å². The molecule has 0 radical (unpaired) electrons. The van der Waals surface area contributed by atoms with Crippen LogP contribution in [-0.2, 0) is 4.79 Å². The number of carbonyl (C=O) groups excluding carboxylic acids is 1. The fourth-order valence-corrected chi connectivity index (χ4v) is 0.817. The Morgan fingerprint density at radius 3 is 1.94 bits per heavy atom. The monoisotopic (exact) mass is 255 g/mol. The number of nitrogens with zero attached hydrogens (tertiary/aromatic N) is 1. The number of phenols is 1. The van der Waals surface area contributed by atoms with Crippen molar-refractivity contribution in [2.24, 2.45) is 0 Å². The lowest BCUT2D eigenvalue weighted by molar-refractivity contribution is -0.130. The highest BCUT2D eigenvalue weighted by Crippen LogP contribution is 2.15. The molecule has 18 heavy (non-hydrogen) atoms. The van der Waals surface area contributed by atoms with Gasteiger partial charge in [-0.05, 0) is 24.3 Å². The molecule has 1 rings (SSSR count). The zero-order valence-electron chi connectivity index (χ0n) is 12.2. The third-order valence-electron chi connectivity index (χ3n) is 1.70. The zero-order valence-corrected chi connectivity index (χ0v) is 12.2. The van der Waals surface area contributed by atoms with Crippen molar-refractivity contribution in [3.8, 4) is 11.5 Å². The standard InChI is InChI=1S/C10H13NO3.2C2H6/c1-11(2)10(13)7-14-9-5-3-8(12)4-6-9;2*1-2/h3-6,12H,7H2,1-2H3;2*1-2H3. The van der Waals surface area contributed by atoms with Crippen LogP contribution in [0.15, 0.2) is 24.3 Å². The molecule has 1 N–H and O–H groups in total. The minimum Gasteiger partial charge on any atom is -0.508 e. The summed E-state index contributed by atoms with van der Waals surface area (Å²) >= 11 is 0. The summed E-state index contributed by atoms with van der Waals surface area (Å²) in [5.74, 6) is 0.646. The number of ether oxygens (including phenoxy) is 1. The molecule has 0 spiro atoms. The SMILES string of the molecule is CC.CC.CN(C)C(=O)COc1ccc(O)cc1. The molecule has 1 amide bonds. The average Bonchev–Trinajstić information content (AvgIpc) is 2.42. The lowest BCUT2D eigenvalue weighted by Crippen LogP contribution is -2.27. The number of aromatic hydroxyl groups is 1. The number of phenolic OH excluding ortho intramolecular Hbond substituents is 1. The maximum atomic E-state index is 11.1. The van der Waals surface area contributed by atoms with E-state index in [4.69, 9.17) is 9.84 Å². The lowest BCUT2D eigenvalue weighted by Gasteiger charge is -2.11. The molecule has 0 fully saturated rings. The molecule has 4 heteroatoms. The van der Waals surface area contributed by atoms with Crippen molar-refractivity contribution < 1.29 is 14.6 Å². The maximum absolute atomic E-state index is 11.1. The van der Waals surface area contributed by atoms with E-state index in [-0.39, 0.29) is 18.3 Å². The fourth-order valence-electron chi connectivity index (χ4n) is 0.817. The second kappa shape index (κ2) is 11.8. The first-order valence-corrected chi connectivity index (χ1v) is 6.21. The van der Waals surface area contributed by atoms with Gasteiger partial charge in [-0.15, -0.1) is 0 Å². The Morgan fingerprint density at radius 2 is 1.56 bits per heavy atom. The van der Waals surface area contributed by atoms with Crippen molar-refractivity contribution in [1.82, 2.24) is 4.90 Å². The molecule has 1 aromatic rings. The van der Waals surface area contributed by atoms with Crippen LogP contribution in [0.3, 0.4) is 0 Å². The van der Waals surface area contributed by atoms with Gasteiger partial charge in [-0.2, -0.15) is 0 Å². The van der Waals surface area contributed by atoms with E-state index in [0.717, 1.165) is 0 Å². The number of amides is 1. The van der Waals surface area contributed by atoms with E-state index >= 15 is 0 Å². The Bertz CT molecular complexity index is 307. The Labute approximate surface area is 110 Å². The molecule has 0 unspecified atom stereocenters. The largest absolute Gasteiger partial charge is 0.508 e. The predicted octanol–water partition coefficient (Wildman–Crippen LogP) is 2.91. The van der Waals surface area contributed by atoms with Crippen LogP contribution in [0, 0.1) is 0 Å². The molecule has 104 valence electrons. The zero-order chi connectivity index (χ0) is 14.6. The molecular formula is C14H25NO3. The van der Waals surface area contributed by atoms with Crippen LogP contribution in [-0.4, -0.2) is 36.6 Å². The summed E-state index contributed by atoms with van der Waals surface area (Å²) in [4.78, 5) is 12.6. The van der Waals surface area contributed by atoms with Crippen molar-refractivity contribution in [3.63, 3.8) is 0 Å². The van der Waals surface area contributed by atoms with E-state index < -0.39 is 0 Å². The summed E-state index contributed by atoms with van der Waals surface area (Å²) in [6.45, 7) is 8.01. The highest BCUT2D eigenvalue weighted by molar-refractivity contribution is 5.77. The number of rotatable bonds is 3. The van der Waals surface area contributed by atoms with Crippen LogP contribution in [0.2, 0.25) is 0 Å². The molecule has 0 heterocycles. The molecule has 0 saturated heterocycles. The Hall–Kier alpha value is -1.71. The third kappa shape index (κ3) is 8.44. The maximum Gasteiger partial charge on any atom is 0.259 e. The van der Waals surface area contributed by atoms with Crippen molar-refractivity contribution in [2.75, 3.05) is 20.7 Å². The highest BCUT2D eigenvalue weighted by Gasteiger charge is 2.04. The van der Waals surface area contributed by atoms with Crippen molar-refractivity contribution >= 4 is 5.91 Å². The molecule has 1 aromatic carbocycles. The van der Waals surface area contributed by atoms with Crippen LogP contribution in [0.25, 0.3) is 0 Å². The molecule has 0 aliphatic heterocycles.